The molecule has 0 heterocycles. The summed E-state index contributed by atoms with van der Waals surface area (Å²) in [5.74, 6) is 0. The number of hydrogen-bond donors (Lipinski definition) is 1. The van der Waals surface area contributed by atoms with Crippen LogP contribution in [0, 0.1) is 5.41 Å². The maximum absolute atomic E-state index is 9.27. The van der Waals surface area contributed by atoms with E-state index in [1.807, 2.05) is 0 Å². The SMILES string of the molecule is CCN(CC(C)(C)CO)C(C)CN(C)C. The number of nitrogens with zero attached hydrogens (tertiary/aromatic N) is 2. The minimum absolute atomic E-state index is 0.00339. The number of rotatable bonds is 7. The molecule has 0 saturated carbocycles. The van der Waals surface area contributed by atoms with Gasteiger partial charge in [-0.05, 0) is 27.6 Å². The first kappa shape index (κ1) is 14.9. The Morgan fingerprint density at radius 2 is 1.80 bits per heavy atom. The van der Waals surface area contributed by atoms with E-state index in [0.29, 0.717) is 6.04 Å². The summed E-state index contributed by atoms with van der Waals surface area (Å²) < 4.78 is 0. The molecule has 0 amide bonds. The molecule has 0 spiro atoms. The van der Waals surface area contributed by atoms with Crippen LogP contribution in [0.25, 0.3) is 0 Å². The Labute approximate surface area is 95.1 Å². The van der Waals surface area contributed by atoms with E-state index in [2.05, 4.69) is 51.6 Å². The average molecular weight is 216 g/mol. The van der Waals surface area contributed by atoms with E-state index in [4.69, 9.17) is 0 Å². The minimum Gasteiger partial charge on any atom is -0.396 e. The summed E-state index contributed by atoms with van der Waals surface area (Å²) in [6.07, 6.45) is 0. The molecule has 15 heavy (non-hydrogen) atoms. The molecule has 3 nitrogen and oxygen atoms in total. The van der Waals surface area contributed by atoms with E-state index in [9.17, 15) is 5.11 Å². The molecule has 0 aliphatic carbocycles. The zero-order valence-corrected chi connectivity index (χ0v) is 11.2. The van der Waals surface area contributed by atoms with Crippen LogP contribution in [-0.4, -0.2) is 61.3 Å². The first-order valence-corrected chi connectivity index (χ1v) is 5.82. The fourth-order valence-corrected chi connectivity index (χ4v) is 1.82. The van der Waals surface area contributed by atoms with Gasteiger partial charge in [-0.1, -0.05) is 20.8 Å². The van der Waals surface area contributed by atoms with Crippen LogP contribution in [0.1, 0.15) is 27.7 Å². The number of hydrogen-bond acceptors (Lipinski definition) is 3. The second kappa shape index (κ2) is 6.46. The molecular weight excluding hydrogens is 188 g/mol. The standard InChI is InChI=1S/C12H28N2O/c1-7-14(9-12(3,4)10-15)11(2)8-13(5)6/h11,15H,7-10H2,1-6H3. The lowest BCUT2D eigenvalue weighted by molar-refractivity contribution is 0.0781. The van der Waals surface area contributed by atoms with Crippen molar-refractivity contribution in [1.82, 2.24) is 9.80 Å². The molecule has 0 fully saturated rings. The molecule has 0 radical (unpaired) electrons. The van der Waals surface area contributed by atoms with Crippen LogP contribution >= 0.6 is 0 Å². The van der Waals surface area contributed by atoms with Gasteiger partial charge >= 0.3 is 0 Å². The fourth-order valence-electron chi connectivity index (χ4n) is 1.82. The highest BCUT2D eigenvalue weighted by molar-refractivity contribution is 4.77. The first-order valence-electron chi connectivity index (χ1n) is 5.82. The van der Waals surface area contributed by atoms with Crippen LogP contribution in [0.4, 0.5) is 0 Å². The maximum Gasteiger partial charge on any atom is 0.0494 e. The predicted molar refractivity (Wildman–Crippen MR) is 66.1 cm³/mol. The summed E-state index contributed by atoms with van der Waals surface area (Å²) in [6, 6.07) is 0.538. The van der Waals surface area contributed by atoms with Gasteiger partial charge in [0.05, 0.1) is 0 Å². The van der Waals surface area contributed by atoms with Crippen molar-refractivity contribution in [2.75, 3.05) is 40.3 Å². The lowest BCUT2D eigenvalue weighted by Crippen LogP contribution is -2.45. The Bertz CT molecular complexity index is 169. The van der Waals surface area contributed by atoms with Gasteiger partial charge in [-0.25, -0.2) is 0 Å². The van der Waals surface area contributed by atoms with E-state index in [1.54, 1.807) is 0 Å². The average Bonchev–Trinajstić information content (AvgIpc) is 2.13. The number of aliphatic hydroxyl groups is 1. The zero-order chi connectivity index (χ0) is 12.1. The second-order valence-electron chi connectivity index (χ2n) is 5.50. The highest BCUT2D eigenvalue weighted by atomic mass is 16.3. The van der Waals surface area contributed by atoms with Gasteiger partial charge in [0.25, 0.3) is 0 Å². The number of likely N-dealkylation sites (N-methyl/N-ethyl adjacent to an activating group) is 2. The van der Waals surface area contributed by atoms with E-state index in [1.165, 1.54) is 0 Å². The Balaban J connectivity index is 4.23. The molecule has 0 rings (SSSR count). The smallest absolute Gasteiger partial charge is 0.0494 e. The molecule has 92 valence electrons. The third kappa shape index (κ3) is 6.13. The minimum atomic E-state index is -0.00339. The van der Waals surface area contributed by atoms with Crippen LogP contribution in [-0.2, 0) is 0 Å². The Morgan fingerprint density at radius 1 is 1.27 bits per heavy atom. The van der Waals surface area contributed by atoms with Crippen LogP contribution in [0.3, 0.4) is 0 Å². The molecule has 3 heteroatoms. The van der Waals surface area contributed by atoms with Gasteiger partial charge in [0.1, 0.15) is 0 Å². The normalized spacial score (nSPS) is 15.0. The van der Waals surface area contributed by atoms with Crippen molar-refractivity contribution in [2.24, 2.45) is 5.41 Å². The summed E-state index contributed by atoms with van der Waals surface area (Å²) in [4.78, 5) is 4.63. The Kier molecular flexibility index (Phi) is 6.41. The molecule has 0 bridgehead atoms. The Hall–Kier alpha value is -0.120. The molecule has 1 N–H and O–H groups in total. The fraction of sp³-hybridized carbons (Fsp3) is 1.00. The number of aliphatic hydroxyl groups excluding tert-OH is 1. The van der Waals surface area contributed by atoms with Gasteiger partial charge < -0.3 is 10.0 Å². The monoisotopic (exact) mass is 216 g/mol. The molecule has 0 aromatic carbocycles. The van der Waals surface area contributed by atoms with Gasteiger partial charge in [-0.2, -0.15) is 0 Å². The lowest BCUT2D eigenvalue weighted by atomic mass is 9.93. The highest BCUT2D eigenvalue weighted by Gasteiger charge is 2.23. The van der Waals surface area contributed by atoms with Crippen LogP contribution in [0.2, 0.25) is 0 Å². The third-order valence-corrected chi connectivity index (χ3v) is 2.72. The van der Waals surface area contributed by atoms with Crippen LogP contribution < -0.4 is 0 Å². The van der Waals surface area contributed by atoms with Gasteiger partial charge in [-0.15, -0.1) is 0 Å². The van der Waals surface area contributed by atoms with Crippen molar-refractivity contribution in [3.05, 3.63) is 0 Å². The van der Waals surface area contributed by atoms with Crippen molar-refractivity contribution in [3.8, 4) is 0 Å². The van der Waals surface area contributed by atoms with E-state index >= 15 is 0 Å². The molecule has 0 saturated heterocycles. The molecule has 0 aromatic rings. The summed E-state index contributed by atoms with van der Waals surface area (Å²) in [5, 5.41) is 9.27. The summed E-state index contributed by atoms with van der Waals surface area (Å²) in [7, 11) is 4.20. The summed E-state index contributed by atoms with van der Waals surface area (Å²) >= 11 is 0. The predicted octanol–water partition coefficient (Wildman–Crippen LogP) is 1.28. The van der Waals surface area contributed by atoms with Crippen LogP contribution in [0.15, 0.2) is 0 Å². The highest BCUT2D eigenvalue weighted by Crippen LogP contribution is 2.17. The van der Waals surface area contributed by atoms with Crippen molar-refractivity contribution in [3.63, 3.8) is 0 Å². The molecule has 1 atom stereocenters. The first-order chi connectivity index (χ1) is 6.82. The van der Waals surface area contributed by atoms with E-state index < -0.39 is 0 Å². The van der Waals surface area contributed by atoms with Crippen molar-refractivity contribution < 1.29 is 5.11 Å². The molecule has 1 unspecified atom stereocenters. The largest absolute Gasteiger partial charge is 0.396 e. The summed E-state index contributed by atoms with van der Waals surface area (Å²) in [6.45, 7) is 12.0. The van der Waals surface area contributed by atoms with Crippen LogP contribution in [0.5, 0.6) is 0 Å². The van der Waals surface area contributed by atoms with E-state index in [0.717, 1.165) is 19.6 Å². The maximum atomic E-state index is 9.27. The second-order valence-corrected chi connectivity index (χ2v) is 5.50. The van der Waals surface area contributed by atoms with Crippen molar-refractivity contribution in [1.29, 1.82) is 0 Å². The third-order valence-electron chi connectivity index (χ3n) is 2.72. The Morgan fingerprint density at radius 3 is 2.13 bits per heavy atom. The van der Waals surface area contributed by atoms with E-state index in [-0.39, 0.29) is 12.0 Å². The van der Waals surface area contributed by atoms with Gasteiger partial charge in [-0.3, -0.25) is 4.90 Å². The topological polar surface area (TPSA) is 26.7 Å². The van der Waals surface area contributed by atoms with Crippen molar-refractivity contribution in [2.45, 2.75) is 33.7 Å². The zero-order valence-electron chi connectivity index (χ0n) is 11.2. The van der Waals surface area contributed by atoms with Gasteiger partial charge in [0, 0.05) is 31.2 Å². The quantitative estimate of drug-likeness (QED) is 0.694. The van der Waals surface area contributed by atoms with Crippen molar-refractivity contribution >= 4 is 0 Å². The molecule has 0 aromatic heterocycles. The summed E-state index contributed by atoms with van der Waals surface area (Å²) in [5.41, 5.74) is -0.00339. The molecule has 0 aliphatic heterocycles. The molecule has 0 aliphatic rings. The lowest BCUT2D eigenvalue weighted by Gasteiger charge is -2.35. The van der Waals surface area contributed by atoms with Gasteiger partial charge in [0.2, 0.25) is 0 Å². The molecular formula is C12H28N2O. The van der Waals surface area contributed by atoms with Gasteiger partial charge in [0.15, 0.2) is 0 Å².